The Balaban J connectivity index is 1.47. The van der Waals surface area contributed by atoms with Crippen molar-refractivity contribution in [3.05, 3.63) is 64.2 Å². The van der Waals surface area contributed by atoms with Gasteiger partial charge >= 0.3 is 0 Å². The zero-order valence-corrected chi connectivity index (χ0v) is 16.7. The van der Waals surface area contributed by atoms with Crippen LogP contribution in [0.15, 0.2) is 41.5 Å². The lowest BCUT2D eigenvalue weighted by Crippen LogP contribution is -2.47. The van der Waals surface area contributed by atoms with Crippen LogP contribution in [-0.4, -0.2) is 22.6 Å². The smallest absolute Gasteiger partial charge is 0.261 e. The number of halogens is 2. The number of hydrogen-bond acceptors (Lipinski definition) is 5. The van der Waals surface area contributed by atoms with Crippen molar-refractivity contribution in [3.8, 4) is 17.6 Å². The molecule has 1 saturated heterocycles. The predicted molar refractivity (Wildman–Crippen MR) is 110 cm³/mol. The fraction of sp³-hybridized carbons (Fsp3) is 0.348. The average molecular weight is 422 g/mol. The highest BCUT2D eigenvalue weighted by molar-refractivity contribution is 5.79. The molecule has 8 heteroatoms. The Morgan fingerprint density at radius 1 is 1.16 bits per heavy atom. The molecule has 6 nitrogen and oxygen atoms in total. The van der Waals surface area contributed by atoms with Crippen LogP contribution in [0.2, 0.25) is 0 Å². The van der Waals surface area contributed by atoms with E-state index in [-0.39, 0.29) is 17.4 Å². The van der Waals surface area contributed by atoms with Crippen molar-refractivity contribution in [2.75, 3.05) is 13.1 Å². The zero-order chi connectivity index (χ0) is 21.6. The quantitative estimate of drug-likeness (QED) is 0.689. The molecule has 1 spiro atoms. The molecular weight excluding hydrogens is 402 g/mol. The van der Waals surface area contributed by atoms with E-state index in [1.807, 2.05) is 0 Å². The van der Waals surface area contributed by atoms with Crippen LogP contribution < -0.4 is 15.6 Å². The largest absolute Gasteiger partial charge is 0.453 e. The van der Waals surface area contributed by atoms with E-state index in [2.05, 4.69) is 10.3 Å². The van der Waals surface area contributed by atoms with E-state index in [4.69, 9.17) is 10.00 Å². The maximum Gasteiger partial charge on any atom is 0.261 e. The van der Waals surface area contributed by atoms with Crippen molar-refractivity contribution in [1.82, 2.24) is 14.9 Å². The van der Waals surface area contributed by atoms with Crippen LogP contribution in [0.25, 0.3) is 10.9 Å². The summed E-state index contributed by atoms with van der Waals surface area (Å²) in [6.07, 6.45) is 5.75. The molecule has 1 saturated carbocycles. The van der Waals surface area contributed by atoms with Gasteiger partial charge in [-0.1, -0.05) is 0 Å². The Bertz CT molecular complexity index is 1270. The van der Waals surface area contributed by atoms with Gasteiger partial charge in [0.25, 0.3) is 5.56 Å². The highest BCUT2D eigenvalue weighted by Crippen LogP contribution is 2.53. The molecule has 0 radical (unpaired) electrons. The van der Waals surface area contributed by atoms with Gasteiger partial charge in [0.1, 0.15) is 23.2 Å². The van der Waals surface area contributed by atoms with Crippen LogP contribution in [0.5, 0.6) is 11.5 Å². The van der Waals surface area contributed by atoms with Crippen molar-refractivity contribution in [2.45, 2.75) is 31.7 Å². The summed E-state index contributed by atoms with van der Waals surface area (Å²) in [5, 5.41) is 12.9. The third kappa shape index (κ3) is 3.35. The summed E-state index contributed by atoms with van der Waals surface area (Å²) < 4.78 is 35.2. The number of hydrogen-bond donors (Lipinski definition) is 1. The lowest BCUT2D eigenvalue weighted by atomic mass is 9.60. The van der Waals surface area contributed by atoms with Crippen LogP contribution in [-0.2, 0) is 0 Å². The Labute approximate surface area is 177 Å². The lowest BCUT2D eigenvalue weighted by molar-refractivity contribution is 0.0270. The van der Waals surface area contributed by atoms with Gasteiger partial charge in [-0.15, -0.1) is 0 Å². The SMILES string of the molecule is N#Cc1c(F)ccc(F)c1Oc1ccc2ncn(C3CC4(CCNCC4)C3)c(=O)c2c1. The van der Waals surface area contributed by atoms with Crippen LogP contribution in [0, 0.1) is 28.4 Å². The van der Waals surface area contributed by atoms with E-state index in [1.54, 1.807) is 23.0 Å². The van der Waals surface area contributed by atoms with E-state index < -0.39 is 22.9 Å². The third-order valence-corrected chi connectivity index (χ3v) is 6.54. The second kappa shape index (κ2) is 7.43. The zero-order valence-electron chi connectivity index (χ0n) is 16.7. The standard InChI is InChI=1S/C23H20F2N4O2/c24-18-2-3-19(25)21(17(18)12-26)31-15-1-4-20-16(9-15)22(30)29(13-28-20)14-10-23(11-14)5-7-27-8-6-23/h1-4,9,13-14,27H,5-8,10-11H2. The van der Waals surface area contributed by atoms with Gasteiger partial charge in [0.05, 0.1) is 17.2 Å². The highest BCUT2D eigenvalue weighted by atomic mass is 19.1. The van der Waals surface area contributed by atoms with E-state index in [1.165, 1.54) is 12.1 Å². The van der Waals surface area contributed by atoms with Crippen molar-refractivity contribution in [1.29, 1.82) is 5.26 Å². The van der Waals surface area contributed by atoms with Crippen LogP contribution in [0.3, 0.4) is 0 Å². The van der Waals surface area contributed by atoms with Crippen LogP contribution in [0.1, 0.15) is 37.3 Å². The first-order chi connectivity index (χ1) is 15.0. The van der Waals surface area contributed by atoms with Gasteiger partial charge in [0.15, 0.2) is 11.6 Å². The normalized spacial score (nSPS) is 18.0. The van der Waals surface area contributed by atoms with E-state index in [9.17, 15) is 13.6 Å². The molecule has 1 aromatic heterocycles. The minimum atomic E-state index is -0.875. The monoisotopic (exact) mass is 422 g/mol. The van der Waals surface area contributed by atoms with Crippen LogP contribution >= 0.6 is 0 Å². The van der Waals surface area contributed by atoms with Crippen molar-refractivity contribution >= 4 is 10.9 Å². The summed E-state index contributed by atoms with van der Waals surface area (Å²) in [6, 6.07) is 8.06. The van der Waals surface area contributed by atoms with E-state index in [0.29, 0.717) is 16.3 Å². The molecule has 158 valence electrons. The Morgan fingerprint density at radius 2 is 1.90 bits per heavy atom. The number of nitriles is 1. The molecular formula is C23H20F2N4O2. The minimum Gasteiger partial charge on any atom is -0.453 e. The van der Waals surface area contributed by atoms with Gasteiger partial charge in [-0.05, 0) is 74.5 Å². The van der Waals surface area contributed by atoms with Crippen LogP contribution in [0.4, 0.5) is 8.78 Å². The molecule has 3 aromatic rings. The summed E-state index contributed by atoms with van der Waals surface area (Å²) in [5.74, 6) is -2.10. The third-order valence-electron chi connectivity index (χ3n) is 6.54. The molecule has 31 heavy (non-hydrogen) atoms. The van der Waals surface area contributed by atoms with Gasteiger partial charge in [-0.25, -0.2) is 13.8 Å². The molecule has 1 N–H and O–H groups in total. The van der Waals surface area contributed by atoms with Gasteiger partial charge in [0.2, 0.25) is 0 Å². The van der Waals surface area contributed by atoms with Gasteiger partial charge in [-0.2, -0.15) is 5.26 Å². The van der Waals surface area contributed by atoms with E-state index in [0.717, 1.165) is 50.9 Å². The molecule has 2 heterocycles. The molecule has 0 unspecified atom stereocenters. The first kappa shape index (κ1) is 19.6. The molecule has 0 atom stereocenters. The maximum atomic E-state index is 14.2. The summed E-state index contributed by atoms with van der Waals surface area (Å²) in [4.78, 5) is 17.6. The lowest BCUT2D eigenvalue weighted by Gasteiger charge is -2.50. The Morgan fingerprint density at radius 3 is 2.65 bits per heavy atom. The molecule has 5 rings (SSSR count). The van der Waals surface area contributed by atoms with Crippen molar-refractivity contribution < 1.29 is 13.5 Å². The molecule has 0 bridgehead atoms. The summed E-state index contributed by atoms with van der Waals surface area (Å²) >= 11 is 0. The first-order valence-corrected chi connectivity index (χ1v) is 10.3. The Hall–Kier alpha value is -3.31. The van der Waals surface area contributed by atoms with Crippen molar-refractivity contribution in [2.24, 2.45) is 5.41 Å². The maximum absolute atomic E-state index is 14.2. The summed E-state index contributed by atoms with van der Waals surface area (Å²) in [6.45, 7) is 2.03. The fourth-order valence-corrected chi connectivity index (χ4v) is 4.80. The fourth-order valence-electron chi connectivity index (χ4n) is 4.80. The molecule has 2 aromatic carbocycles. The first-order valence-electron chi connectivity index (χ1n) is 10.3. The number of piperidine rings is 1. The minimum absolute atomic E-state index is 0.109. The van der Waals surface area contributed by atoms with Crippen molar-refractivity contribution in [3.63, 3.8) is 0 Å². The summed E-state index contributed by atoms with van der Waals surface area (Å²) in [7, 11) is 0. The molecule has 2 aliphatic rings. The molecule has 2 fully saturated rings. The van der Waals surface area contributed by atoms with Gasteiger partial charge in [0, 0.05) is 6.04 Å². The summed E-state index contributed by atoms with van der Waals surface area (Å²) in [5.41, 5.74) is 0.0948. The number of benzene rings is 2. The number of rotatable bonds is 3. The second-order valence-electron chi connectivity index (χ2n) is 8.40. The molecule has 0 amide bonds. The number of aromatic nitrogens is 2. The second-order valence-corrected chi connectivity index (χ2v) is 8.40. The highest BCUT2D eigenvalue weighted by Gasteiger charge is 2.45. The molecule has 1 aliphatic heterocycles. The Kier molecular flexibility index (Phi) is 4.71. The van der Waals surface area contributed by atoms with E-state index >= 15 is 0 Å². The number of fused-ring (bicyclic) bond motifs is 1. The van der Waals surface area contributed by atoms with Gasteiger partial charge in [-0.3, -0.25) is 9.36 Å². The van der Waals surface area contributed by atoms with Gasteiger partial charge < -0.3 is 10.1 Å². The number of nitrogens with one attached hydrogen (secondary N) is 1. The number of ether oxygens (including phenoxy) is 1. The molecule has 1 aliphatic carbocycles. The number of nitrogens with zero attached hydrogens (tertiary/aromatic N) is 3. The topological polar surface area (TPSA) is 79.9 Å². The average Bonchev–Trinajstić information content (AvgIpc) is 2.76. The predicted octanol–water partition coefficient (Wildman–Crippen LogP) is 4.04.